The molecule has 2 atom stereocenters. The molecular weight excluding hydrogens is 242 g/mol. The zero-order chi connectivity index (χ0) is 15.1. The first kappa shape index (κ1) is 17.9. The van der Waals surface area contributed by atoms with Crippen molar-refractivity contribution in [1.29, 1.82) is 0 Å². The molecule has 0 aliphatic rings. The SMILES string of the molecule is CCCC(CC(=O)O)NC(=O)CC(C)CC(C)(C)C. The second-order valence-corrected chi connectivity index (χ2v) is 6.73. The summed E-state index contributed by atoms with van der Waals surface area (Å²) in [4.78, 5) is 22.6. The summed E-state index contributed by atoms with van der Waals surface area (Å²) < 4.78 is 0. The van der Waals surface area contributed by atoms with Crippen LogP contribution in [-0.4, -0.2) is 23.0 Å². The zero-order valence-corrected chi connectivity index (χ0v) is 13.0. The molecule has 0 bridgehead atoms. The molecule has 0 aliphatic carbocycles. The summed E-state index contributed by atoms with van der Waals surface area (Å²) in [5.41, 5.74) is 0.212. The minimum Gasteiger partial charge on any atom is -0.481 e. The highest BCUT2D eigenvalue weighted by Gasteiger charge is 2.20. The van der Waals surface area contributed by atoms with E-state index in [1.807, 2.05) is 6.92 Å². The Labute approximate surface area is 117 Å². The molecule has 0 saturated heterocycles. The van der Waals surface area contributed by atoms with Crippen molar-refractivity contribution in [3.63, 3.8) is 0 Å². The lowest BCUT2D eigenvalue weighted by Crippen LogP contribution is -2.37. The number of rotatable bonds is 8. The van der Waals surface area contributed by atoms with E-state index in [4.69, 9.17) is 5.11 Å². The third-order valence-electron chi connectivity index (χ3n) is 2.92. The van der Waals surface area contributed by atoms with Gasteiger partial charge in [0, 0.05) is 12.5 Å². The lowest BCUT2D eigenvalue weighted by Gasteiger charge is -2.23. The standard InChI is InChI=1S/C15H29NO3/c1-6-7-12(9-14(18)19)16-13(17)8-11(2)10-15(3,4)5/h11-12H,6-10H2,1-5H3,(H,16,17)(H,18,19). The van der Waals surface area contributed by atoms with Crippen molar-refractivity contribution in [3.8, 4) is 0 Å². The van der Waals surface area contributed by atoms with Crippen LogP contribution in [-0.2, 0) is 9.59 Å². The van der Waals surface area contributed by atoms with Crippen LogP contribution in [0, 0.1) is 11.3 Å². The molecule has 0 aromatic rings. The van der Waals surface area contributed by atoms with Crippen molar-refractivity contribution in [1.82, 2.24) is 5.32 Å². The Hall–Kier alpha value is -1.06. The van der Waals surface area contributed by atoms with Gasteiger partial charge in [0.1, 0.15) is 0 Å². The summed E-state index contributed by atoms with van der Waals surface area (Å²) in [6.07, 6.45) is 3.05. The van der Waals surface area contributed by atoms with Crippen LogP contribution >= 0.6 is 0 Å². The van der Waals surface area contributed by atoms with Gasteiger partial charge >= 0.3 is 5.97 Å². The van der Waals surface area contributed by atoms with E-state index < -0.39 is 5.97 Å². The number of carbonyl (C=O) groups excluding carboxylic acids is 1. The molecule has 2 N–H and O–H groups in total. The normalized spacial score (nSPS) is 14.8. The quantitative estimate of drug-likeness (QED) is 0.712. The first-order valence-corrected chi connectivity index (χ1v) is 7.15. The van der Waals surface area contributed by atoms with Gasteiger partial charge in [0.2, 0.25) is 5.91 Å². The molecular formula is C15H29NO3. The Morgan fingerprint density at radius 3 is 2.21 bits per heavy atom. The van der Waals surface area contributed by atoms with Crippen LogP contribution in [0.4, 0.5) is 0 Å². The van der Waals surface area contributed by atoms with Crippen LogP contribution in [0.1, 0.15) is 66.7 Å². The van der Waals surface area contributed by atoms with Crippen molar-refractivity contribution in [2.75, 3.05) is 0 Å². The third-order valence-corrected chi connectivity index (χ3v) is 2.92. The van der Waals surface area contributed by atoms with E-state index in [9.17, 15) is 9.59 Å². The lowest BCUT2D eigenvalue weighted by atomic mass is 9.84. The van der Waals surface area contributed by atoms with E-state index in [1.165, 1.54) is 0 Å². The number of hydrogen-bond donors (Lipinski definition) is 2. The topological polar surface area (TPSA) is 66.4 Å². The molecule has 0 aliphatic heterocycles. The summed E-state index contributed by atoms with van der Waals surface area (Å²) >= 11 is 0. The van der Waals surface area contributed by atoms with Crippen molar-refractivity contribution in [3.05, 3.63) is 0 Å². The minimum atomic E-state index is -0.860. The number of carboxylic acids is 1. The average molecular weight is 271 g/mol. The molecule has 0 rings (SSSR count). The summed E-state index contributed by atoms with van der Waals surface area (Å²) in [7, 11) is 0. The highest BCUT2D eigenvalue weighted by atomic mass is 16.4. The number of hydrogen-bond acceptors (Lipinski definition) is 2. The second-order valence-electron chi connectivity index (χ2n) is 6.73. The van der Waals surface area contributed by atoms with Gasteiger partial charge in [-0.05, 0) is 24.2 Å². The van der Waals surface area contributed by atoms with Gasteiger partial charge in [0.05, 0.1) is 6.42 Å². The van der Waals surface area contributed by atoms with E-state index >= 15 is 0 Å². The first-order chi connectivity index (χ1) is 8.64. The number of nitrogens with one attached hydrogen (secondary N) is 1. The van der Waals surface area contributed by atoms with Crippen LogP contribution in [0.25, 0.3) is 0 Å². The van der Waals surface area contributed by atoms with Gasteiger partial charge in [-0.2, -0.15) is 0 Å². The molecule has 4 nitrogen and oxygen atoms in total. The fourth-order valence-electron chi connectivity index (χ4n) is 2.51. The molecule has 0 radical (unpaired) electrons. The van der Waals surface area contributed by atoms with Crippen LogP contribution in [0.5, 0.6) is 0 Å². The largest absolute Gasteiger partial charge is 0.481 e. The summed E-state index contributed by atoms with van der Waals surface area (Å²) in [6.45, 7) is 10.5. The monoisotopic (exact) mass is 271 g/mol. The van der Waals surface area contributed by atoms with Crippen LogP contribution in [0.2, 0.25) is 0 Å². The molecule has 0 spiro atoms. The highest BCUT2D eigenvalue weighted by Crippen LogP contribution is 2.25. The average Bonchev–Trinajstić information content (AvgIpc) is 2.12. The maximum Gasteiger partial charge on any atom is 0.305 e. The van der Waals surface area contributed by atoms with E-state index in [0.717, 1.165) is 12.8 Å². The van der Waals surface area contributed by atoms with Crippen molar-refractivity contribution in [2.45, 2.75) is 72.8 Å². The maximum atomic E-state index is 11.9. The fraction of sp³-hybridized carbons (Fsp3) is 0.867. The van der Waals surface area contributed by atoms with E-state index in [2.05, 4.69) is 33.0 Å². The van der Waals surface area contributed by atoms with Crippen molar-refractivity contribution < 1.29 is 14.7 Å². The predicted molar refractivity (Wildman–Crippen MR) is 76.9 cm³/mol. The summed E-state index contributed by atoms with van der Waals surface area (Å²) in [5, 5.41) is 11.7. The molecule has 0 aromatic heterocycles. The minimum absolute atomic E-state index is 0.00717. The molecule has 19 heavy (non-hydrogen) atoms. The molecule has 2 unspecified atom stereocenters. The Bertz CT molecular complexity index is 294. The van der Waals surface area contributed by atoms with Gasteiger partial charge in [-0.25, -0.2) is 0 Å². The Kier molecular flexibility index (Phi) is 7.72. The van der Waals surface area contributed by atoms with Gasteiger partial charge in [-0.15, -0.1) is 0 Å². The fourth-order valence-corrected chi connectivity index (χ4v) is 2.51. The lowest BCUT2D eigenvalue weighted by molar-refractivity contribution is -0.137. The predicted octanol–water partition coefficient (Wildman–Crippen LogP) is 3.21. The molecule has 0 heterocycles. The van der Waals surface area contributed by atoms with Crippen molar-refractivity contribution in [2.24, 2.45) is 11.3 Å². The molecule has 0 saturated carbocycles. The highest BCUT2D eigenvalue weighted by molar-refractivity contribution is 5.77. The Morgan fingerprint density at radius 2 is 1.79 bits per heavy atom. The van der Waals surface area contributed by atoms with Gasteiger partial charge in [0.15, 0.2) is 0 Å². The van der Waals surface area contributed by atoms with Crippen molar-refractivity contribution >= 4 is 11.9 Å². The molecule has 0 fully saturated rings. The van der Waals surface area contributed by atoms with E-state index in [1.54, 1.807) is 0 Å². The Balaban J connectivity index is 4.21. The van der Waals surface area contributed by atoms with Gasteiger partial charge in [-0.3, -0.25) is 9.59 Å². The first-order valence-electron chi connectivity index (χ1n) is 7.15. The maximum absolute atomic E-state index is 11.9. The third kappa shape index (κ3) is 10.5. The van der Waals surface area contributed by atoms with Gasteiger partial charge in [0.25, 0.3) is 0 Å². The van der Waals surface area contributed by atoms with E-state index in [0.29, 0.717) is 18.8 Å². The zero-order valence-electron chi connectivity index (χ0n) is 13.0. The number of amides is 1. The van der Waals surface area contributed by atoms with Crippen LogP contribution in [0.3, 0.4) is 0 Å². The van der Waals surface area contributed by atoms with E-state index in [-0.39, 0.29) is 23.8 Å². The summed E-state index contributed by atoms with van der Waals surface area (Å²) in [6, 6.07) is -0.239. The van der Waals surface area contributed by atoms with Crippen LogP contribution < -0.4 is 5.32 Å². The van der Waals surface area contributed by atoms with Gasteiger partial charge < -0.3 is 10.4 Å². The second kappa shape index (κ2) is 8.18. The molecule has 1 amide bonds. The van der Waals surface area contributed by atoms with Crippen LogP contribution in [0.15, 0.2) is 0 Å². The number of carboxylic acid groups (broad SMARTS) is 1. The number of aliphatic carboxylic acids is 1. The summed E-state index contributed by atoms with van der Waals surface area (Å²) in [5.74, 6) is -0.579. The number of carbonyl (C=O) groups is 2. The van der Waals surface area contributed by atoms with Gasteiger partial charge in [-0.1, -0.05) is 41.0 Å². The molecule has 0 aromatic carbocycles. The molecule has 112 valence electrons. The molecule has 4 heteroatoms. The smallest absolute Gasteiger partial charge is 0.305 e. The Morgan fingerprint density at radius 1 is 1.21 bits per heavy atom.